The molecule has 0 saturated heterocycles. The summed E-state index contributed by atoms with van der Waals surface area (Å²) in [4.78, 5) is 24.2. The number of carbonyl (C=O) groups is 2. The minimum Gasteiger partial charge on any atom is -0.467 e. The zero-order valence-corrected chi connectivity index (χ0v) is 12.0. The summed E-state index contributed by atoms with van der Waals surface area (Å²) in [6, 6.07) is 5.33. The molecule has 0 aliphatic carbocycles. The molecule has 5 nitrogen and oxygen atoms in total. The second-order valence-electron chi connectivity index (χ2n) is 4.28. The Morgan fingerprint density at radius 3 is 2.85 bits per heavy atom. The van der Waals surface area contributed by atoms with Gasteiger partial charge >= 0.3 is 5.97 Å². The maximum absolute atomic E-state index is 11.9. The van der Waals surface area contributed by atoms with Gasteiger partial charge in [0, 0.05) is 0 Å². The highest BCUT2D eigenvalue weighted by Crippen LogP contribution is 2.17. The normalized spacial score (nSPS) is 11.9. The Morgan fingerprint density at radius 1 is 1.45 bits per heavy atom. The predicted octanol–water partition coefficient (Wildman–Crippen LogP) is 2.51. The zero-order chi connectivity index (χ0) is 14.5. The maximum atomic E-state index is 11.9. The lowest BCUT2D eigenvalue weighted by Gasteiger charge is -2.12. The van der Waals surface area contributed by atoms with E-state index in [1.807, 2.05) is 18.4 Å². The summed E-state index contributed by atoms with van der Waals surface area (Å²) < 4.78 is 10.2. The molecule has 20 heavy (non-hydrogen) atoms. The molecule has 0 aliphatic rings. The van der Waals surface area contributed by atoms with Gasteiger partial charge in [0.2, 0.25) is 0 Å². The molecule has 2 aromatic heterocycles. The van der Waals surface area contributed by atoms with Gasteiger partial charge < -0.3 is 14.5 Å². The van der Waals surface area contributed by atoms with Crippen molar-refractivity contribution in [2.45, 2.75) is 26.5 Å². The number of aryl methyl sites for hydroxylation is 1. The van der Waals surface area contributed by atoms with Crippen LogP contribution in [-0.2, 0) is 16.1 Å². The monoisotopic (exact) mass is 293 g/mol. The molecule has 0 aromatic carbocycles. The van der Waals surface area contributed by atoms with Gasteiger partial charge in [-0.05, 0) is 43.0 Å². The Kier molecular flexibility index (Phi) is 4.57. The van der Waals surface area contributed by atoms with E-state index in [0.717, 1.165) is 5.56 Å². The van der Waals surface area contributed by atoms with Crippen molar-refractivity contribution >= 4 is 23.2 Å². The molecule has 2 heterocycles. The van der Waals surface area contributed by atoms with Crippen LogP contribution in [0.4, 0.5) is 0 Å². The van der Waals surface area contributed by atoms with Crippen molar-refractivity contribution in [2.24, 2.45) is 0 Å². The van der Waals surface area contributed by atoms with E-state index in [1.165, 1.54) is 24.5 Å². The lowest BCUT2D eigenvalue weighted by atomic mass is 10.3. The summed E-state index contributed by atoms with van der Waals surface area (Å²) in [5.41, 5.74) is 0.850. The molecule has 0 bridgehead atoms. The molecule has 1 amide bonds. The fraction of sp³-hybridized carbons (Fsp3) is 0.286. The minimum atomic E-state index is -0.848. The lowest BCUT2D eigenvalue weighted by molar-refractivity contribution is -0.129. The average molecular weight is 293 g/mol. The van der Waals surface area contributed by atoms with Crippen LogP contribution in [0.1, 0.15) is 27.9 Å². The molecule has 2 aromatic rings. The number of thiophene rings is 1. The number of amides is 1. The van der Waals surface area contributed by atoms with Crippen LogP contribution in [0.15, 0.2) is 34.3 Å². The van der Waals surface area contributed by atoms with Crippen molar-refractivity contribution in [3.05, 3.63) is 46.0 Å². The van der Waals surface area contributed by atoms with Gasteiger partial charge in [0.25, 0.3) is 5.91 Å². The summed E-state index contributed by atoms with van der Waals surface area (Å²) in [7, 11) is 0. The quantitative estimate of drug-likeness (QED) is 0.860. The van der Waals surface area contributed by atoms with E-state index in [4.69, 9.17) is 9.15 Å². The van der Waals surface area contributed by atoms with Crippen LogP contribution >= 0.6 is 11.3 Å². The van der Waals surface area contributed by atoms with E-state index >= 15 is 0 Å². The van der Waals surface area contributed by atoms with Crippen molar-refractivity contribution in [2.75, 3.05) is 0 Å². The van der Waals surface area contributed by atoms with Gasteiger partial charge in [-0.25, -0.2) is 4.79 Å². The third-order valence-corrected chi connectivity index (χ3v) is 3.71. The Hall–Kier alpha value is -2.08. The summed E-state index contributed by atoms with van der Waals surface area (Å²) in [5.74, 6) is -0.187. The van der Waals surface area contributed by atoms with Gasteiger partial charge in [0.1, 0.15) is 10.6 Å². The highest BCUT2D eigenvalue weighted by Gasteiger charge is 2.20. The highest BCUT2D eigenvalue weighted by molar-refractivity contribution is 7.12. The smallest absolute Gasteiger partial charge is 0.349 e. The number of esters is 1. The van der Waals surface area contributed by atoms with E-state index in [0.29, 0.717) is 10.6 Å². The Morgan fingerprint density at radius 2 is 2.25 bits per heavy atom. The second kappa shape index (κ2) is 6.38. The van der Waals surface area contributed by atoms with Crippen LogP contribution in [0.5, 0.6) is 0 Å². The molecule has 0 spiro atoms. The molecule has 0 unspecified atom stereocenters. The molecular formula is C14H15NO4S. The van der Waals surface area contributed by atoms with Gasteiger partial charge in [-0.15, -0.1) is 11.3 Å². The van der Waals surface area contributed by atoms with Crippen LogP contribution in [0.25, 0.3) is 0 Å². The average Bonchev–Trinajstić information content (AvgIpc) is 3.06. The first-order valence-corrected chi connectivity index (χ1v) is 7.01. The Labute approximate surface area is 120 Å². The number of rotatable bonds is 5. The summed E-state index contributed by atoms with van der Waals surface area (Å²) in [6.45, 7) is 3.64. The molecule has 0 aliphatic heterocycles. The van der Waals surface area contributed by atoms with Crippen molar-refractivity contribution in [1.82, 2.24) is 5.32 Å². The standard InChI is InChI=1S/C14H15NO4S/c1-9-5-7-20-12(9)14(17)19-10(2)13(16)15-8-11-4-3-6-18-11/h3-7,10H,8H2,1-2H3,(H,15,16)/t10-/m0/s1. The number of nitrogens with one attached hydrogen (secondary N) is 1. The molecule has 2 rings (SSSR count). The molecule has 106 valence electrons. The molecule has 1 N–H and O–H groups in total. The van der Waals surface area contributed by atoms with E-state index < -0.39 is 12.1 Å². The summed E-state index contributed by atoms with van der Waals surface area (Å²) >= 11 is 1.30. The largest absolute Gasteiger partial charge is 0.467 e. The number of hydrogen-bond donors (Lipinski definition) is 1. The molecule has 0 fully saturated rings. The fourth-order valence-electron chi connectivity index (χ4n) is 1.58. The first-order chi connectivity index (χ1) is 9.58. The van der Waals surface area contributed by atoms with E-state index in [9.17, 15) is 9.59 Å². The van der Waals surface area contributed by atoms with Crippen LogP contribution < -0.4 is 5.32 Å². The summed E-state index contributed by atoms with van der Waals surface area (Å²) in [5, 5.41) is 4.46. The van der Waals surface area contributed by atoms with Crippen molar-refractivity contribution in [3.63, 3.8) is 0 Å². The number of carbonyl (C=O) groups excluding carboxylic acids is 2. The zero-order valence-electron chi connectivity index (χ0n) is 11.2. The topological polar surface area (TPSA) is 68.5 Å². The van der Waals surface area contributed by atoms with Crippen molar-refractivity contribution in [1.29, 1.82) is 0 Å². The molecule has 0 radical (unpaired) electrons. The number of furan rings is 1. The molecular weight excluding hydrogens is 278 g/mol. The summed E-state index contributed by atoms with van der Waals surface area (Å²) in [6.07, 6.45) is 0.684. The maximum Gasteiger partial charge on any atom is 0.349 e. The van der Waals surface area contributed by atoms with E-state index in [2.05, 4.69) is 5.32 Å². The Balaban J connectivity index is 1.85. The van der Waals surface area contributed by atoms with Crippen LogP contribution in [-0.4, -0.2) is 18.0 Å². The fourth-order valence-corrected chi connectivity index (χ4v) is 2.39. The third kappa shape index (κ3) is 3.48. The number of ether oxygens (including phenoxy) is 1. The van der Waals surface area contributed by atoms with Gasteiger partial charge in [-0.3, -0.25) is 4.79 Å². The molecule has 0 saturated carbocycles. The van der Waals surface area contributed by atoms with Crippen molar-refractivity contribution in [3.8, 4) is 0 Å². The van der Waals surface area contributed by atoms with Crippen molar-refractivity contribution < 1.29 is 18.7 Å². The molecule has 6 heteroatoms. The number of hydrogen-bond acceptors (Lipinski definition) is 5. The van der Waals surface area contributed by atoms with Gasteiger partial charge in [0.15, 0.2) is 6.10 Å². The van der Waals surface area contributed by atoms with Crippen LogP contribution in [0.2, 0.25) is 0 Å². The minimum absolute atomic E-state index is 0.270. The van der Waals surface area contributed by atoms with Crippen LogP contribution in [0.3, 0.4) is 0 Å². The first kappa shape index (κ1) is 14.3. The lowest BCUT2D eigenvalue weighted by Crippen LogP contribution is -2.35. The third-order valence-electron chi connectivity index (χ3n) is 2.72. The predicted molar refractivity (Wildman–Crippen MR) is 74.5 cm³/mol. The first-order valence-electron chi connectivity index (χ1n) is 6.13. The Bertz CT molecular complexity index is 588. The molecule has 1 atom stereocenters. The van der Waals surface area contributed by atoms with Gasteiger partial charge in [-0.1, -0.05) is 0 Å². The SMILES string of the molecule is Cc1ccsc1C(=O)O[C@@H](C)C(=O)NCc1ccco1. The van der Waals surface area contributed by atoms with E-state index in [-0.39, 0.29) is 12.5 Å². The van der Waals surface area contributed by atoms with E-state index in [1.54, 1.807) is 12.1 Å². The van der Waals surface area contributed by atoms with Crippen LogP contribution in [0, 0.1) is 6.92 Å². The van der Waals surface area contributed by atoms with Gasteiger partial charge in [0.05, 0.1) is 12.8 Å². The van der Waals surface area contributed by atoms with Gasteiger partial charge in [-0.2, -0.15) is 0 Å². The second-order valence-corrected chi connectivity index (χ2v) is 5.19. The highest BCUT2D eigenvalue weighted by atomic mass is 32.1.